The topological polar surface area (TPSA) is 39.5 Å². The highest BCUT2D eigenvalue weighted by Crippen LogP contribution is 2.35. The summed E-state index contributed by atoms with van der Waals surface area (Å²) < 4.78 is 66.4. The molecule has 0 aliphatic heterocycles. The normalized spacial score (nSPS) is 12.1. The monoisotopic (exact) mass is 583 g/mol. The summed E-state index contributed by atoms with van der Waals surface area (Å²) in [6.45, 7) is 14.3. The molecular weight excluding hydrogens is 546 g/mol. The maximum Gasteiger partial charge on any atom is 0.419 e. The van der Waals surface area contributed by atoms with Crippen LogP contribution in [0.4, 0.5) is 17.6 Å². The molecule has 0 unspecified atom stereocenters. The van der Waals surface area contributed by atoms with Gasteiger partial charge in [-0.1, -0.05) is 34.6 Å². The van der Waals surface area contributed by atoms with E-state index in [1.807, 2.05) is 35.0 Å². The third-order valence-electron chi connectivity index (χ3n) is 6.90. The zero-order valence-electron chi connectivity index (χ0n) is 24.6. The molecule has 0 aliphatic carbocycles. The summed E-state index contributed by atoms with van der Waals surface area (Å²) in [7, 11) is 0. The molecule has 0 saturated carbocycles. The van der Waals surface area contributed by atoms with E-state index in [2.05, 4.69) is 39.5 Å². The Labute approximate surface area is 244 Å². The Bertz CT molecular complexity index is 1450. The van der Waals surface area contributed by atoms with Gasteiger partial charge in [-0.15, -0.1) is 0 Å². The molecule has 0 bridgehead atoms. The maximum atomic E-state index is 13.6. The predicted molar refractivity (Wildman–Crippen MR) is 157 cm³/mol. The fourth-order valence-electron chi connectivity index (χ4n) is 4.58. The number of hydrogen-bond donors (Lipinski definition) is 0. The van der Waals surface area contributed by atoms with Crippen molar-refractivity contribution < 1.29 is 27.0 Å². The minimum atomic E-state index is -4.81. The zero-order chi connectivity index (χ0) is 30.5. The van der Waals surface area contributed by atoms with Crippen LogP contribution in [0.25, 0.3) is 16.9 Å². The molecule has 0 amide bonds. The Balaban J connectivity index is 1.50. The molecule has 0 spiro atoms. The van der Waals surface area contributed by atoms with E-state index in [0.717, 1.165) is 60.6 Å². The third-order valence-corrected chi connectivity index (χ3v) is 6.90. The summed E-state index contributed by atoms with van der Waals surface area (Å²) in [4.78, 5) is 7.32. The van der Waals surface area contributed by atoms with Crippen LogP contribution in [0.5, 0.6) is 17.2 Å². The first-order chi connectivity index (χ1) is 19.9. The van der Waals surface area contributed by atoms with Crippen LogP contribution in [-0.2, 0) is 11.6 Å². The van der Waals surface area contributed by atoms with Gasteiger partial charge < -0.3 is 18.9 Å². The van der Waals surface area contributed by atoms with E-state index < -0.39 is 17.6 Å². The van der Waals surface area contributed by atoms with Crippen LogP contribution in [0.3, 0.4) is 0 Å². The highest BCUT2D eigenvalue weighted by Gasteiger charge is 2.34. The fourth-order valence-corrected chi connectivity index (χ4v) is 4.58. The molecule has 0 saturated heterocycles. The van der Waals surface area contributed by atoms with Gasteiger partial charge in [0.15, 0.2) is 0 Å². The smallest absolute Gasteiger partial charge is 0.419 e. The Kier molecular flexibility index (Phi) is 9.61. The van der Waals surface area contributed by atoms with Crippen molar-refractivity contribution >= 4 is 0 Å². The summed E-state index contributed by atoms with van der Waals surface area (Å²) in [5, 5.41) is 0. The maximum absolute atomic E-state index is 13.6. The Hall–Kier alpha value is -3.85. The summed E-state index contributed by atoms with van der Waals surface area (Å²) in [6.07, 6.45) is -1.88. The van der Waals surface area contributed by atoms with Crippen molar-refractivity contribution in [3.05, 3.63) is 90.1 Å². The molecule has 3 aromatic carbocycles. The quantitative estimate of drug-likeness (QED) is 0.131. The first-order valence-corrected chi connectivity index (χ1v) is 14.1. The summed E-state index contributed by atoms with van der Waals surface area (Å²) >= 11 is 0. The van der Waals surface area contributed by atoms with Crippen molar-refractivity contribution in [2.24, 2.45) is 0 Å². The van der Waals surface area contributed by atoms with Gasteiger partial charge in [0.05, 0.1) is 17.9 Å². The van der Waals surface area contributed by atoms with E-state index in [9.17, 15) is 17.6 Å². The Morgan fingerprint density at radius 2 is 1.45 bits per heavy atom. The molecule has 0 fully saturated rings. The summed E-state index contributed by atoms with van der Waals surface area (Å²) in [6, 6.07) is 17.4. The zero-order valence-corrected chi connectivity index (χ0v) is 24.6. The van der Waals surface area contributed by atoms with Crippen molar-refractivity contribution in [3.8, 4) is 34.2 Å². The first kappa shape index (κ1) is 31.1. The first-order valence-electron chi connectivity index (χ1n) is 14.1. The molecule has 9 heteroatoms. The number of alkyl halides is 3. The van der Waals surface area contributed by atoms with E-state index in [-0.39, 0.29) is 11.2 Å². The van der Waals surface area contributed by atoms with Gasteiger partial charge >= 0.3 is 6.18 Å². The highest BCUT2D eigenvalue weighted by molar-refractivity contribution is 5.61. The Morgan fingerprint density at radius 1 is 0.833 bits per heavy atom. The minimum Gasteiger partial charge on any atom is -0.494 e. The van der Waals surface area contributed by atoms with Crippen LogP contribution >= 0.6 is 0 Å². The molecule has 0 radical (unpaired) electrons. The minimum absolute atomic E-state index is 0.104. The number of aromatic nitrogens is 2. The molecule has 4 aromatic rings. The van der Waals surface area contributed by atoms with Gasteiger partial charge in [-0.05, 0) is 86.2 Å². The van der Waals surface area contributed by atoms with Gasteiger partial charge in [-0.3, -0.25) is 0 Å². The lowest BCUT2D eigenvalue weighted by molar-refractivity contribution is -0.140. The average Bonchev–Trinajstić information content (AvgIpc) is 3.41. The average molecular weight is 584 g/mol. The van der Waals surface area contributed by atoms with Crippen LogP contribution < -0.4 is 9.47 Å². The lowest BCUT2D eigenvalue weighted by atomic mass is 9.95. The van der Waals surface area contributed by atoms with Gasteiger partial charge in [0.25, 0.3) is 0 Å². The molecule has 0 N–H and O–H groups in total. The number of imidazole rings is 1. The van der Waals surface area contributed by atoms with Crippen molar-refractivity contribution in [3.63, 3.8) is 0 Å². The largest absolute Gasteiger partial charge is 0.494 e. The number of benzene rings is 3. The number of nitrogens with zero attached hydrogens (tertiary/aromatic N) is 3. The van der Waals surface area contributed by atoms with E-state index in [0.29, 0.717) is 18.4 Å². The predicted octanol–water partition coefficient (Wildman–Crippen LogP) is 8.90. The van der Waals surface area contributed by atoms with Crippen LogP contribution in [-0.4, -0.2) is 40.7 Å². The van der Waals surface area contributed by atoms with Crippen LogP contribution in [0.2, 0.25) is 0 Å². The lowest BCUT2D eigenvalue weighted by Crippen LogP contribution is -2.25. The summed E-state index contributed by atoms with van der Waals surface area (Å²) in [5.41, 5.74) is 0.927. The van der Waals surface area contributed by atoms with Gasteiger partial charge in [-0.2, -0.15) is 13.2 Å². The van der Waals surface area contributed by atoms with Crippen molar-refractivity contribution in [1.29, 1.82) is 0 Å². The molecule has 4 rings (SSSR count). The molecule has 42 heavy (non-hydrogen) atoms. The molecule has 224 valence electrons. The summed E-state index contributed by atoms with van der Waals surface area (Å²) in [5.74, 6) is 0.532. The van der Waals surface area contributed by atoms with Gasteiger partial charge in [0, 0.05) is 29.4 Å². The van der Waals surface area contributed by atoms with Crippen LogP contribution in [0, 0.1) is 5.82 Å². The highest BCUT2D eigenvalue weighted by atomic mass is 19.4. The standard InChI is InChI=1S/C33H37F4N3O2/c1-6-39(7-2)19-8-20-41-25-13-9-23(10-14-25)30-22-40(31(38-30)32(3,4)5)24-11-15-26(16-12-24)42-27-17-18-29(34)28(21-27)33(35,36)37/h9-18,21-22H,6-8,19-20H2,1-5H3. The van der Waals surface area contributed by atoms with E-state index >= 15 is 0 Å². The van der Waals surface area contributed by atoms with Crippen molar-refractivity contribution in [1.82, 2.24) is 14.5 Å². The van der Waals surface area contributed by atoms with Crippen LogP contribution in [0.1, 0.15) is 52.4 Å². The number of halogens is 4. The second-order valence-electron chi connectivity index (χ2n) is 11.1. The van der Waals surface area contributed by atoms with Gasteiger partial charge in [0.2, 0.25) is 0 Å². The van der Waals surface area contributed by atoms with Crippen LogP contribution in [0.15, 0.2) is 72.9 Å². The second-order valence-corrected chi connectivity index (χ2v) is 11.1. The number of hydrogen-bond acceptors (Lipinski definition) is 4. The molecular formula is C33H37F4N3O2. The van der Waals surface area contributed by atoms with Gasteiger partial charge in [-0.25, -0.2) is 9.37 Å². The van der Waals surface area contributed by atoms with Gasteiger partial charge in [0.1, 0.15) is 28.9 Å². The van der Waals surface area contributed by atoms with Crippen molar-refractivity contribution in [2.45, 2.75) is 52.6 Å². The number of ether oxygens (including phenoxy) is 2. The van der Waals surface area contributed by atoms with E-state index in [1.54, 1.807) is 24.3 Å². The van der Waals surface area contributed by atoms with E-state index in [1.165, 1.54) is 6.07 Å². The van der Waals surface area contributed by atoms with Crippen molar-refractivity contribution in [2.75, 3.05) is 26.2 Å². The van der Waals surface area contributed by atoms with E-state index in [4.69, 9.17) is 14.5 Å². The molecule has 1 aromatic heterocycles. The molecule has 0 atom stereocenters. The fraction of sp³-hybridized carbons (Fsp3) is 0.364. The molecule has 0 aliphatic rings. The lowest BCUT2D eigenvalue weighted by Gasteiger charge is -2.20. The third kappa shape index (κ3) is 7.70. The molecule has 1 heterocycles. The number of rotatable bonds is 11. The SMILES string of the molecule is CCN(CC)CCCOc1ccc(-c2cn(-c3ccc(Oc4ccc(F)c(C(F)(F)F)c4)cc3)c(C(C)(C)C)n2)cc1. The second kappa shape index (κ2) is 13.0. The Morgan fingerprint density at radius 3 is 2.05 bits per heavy atom. The molecule has 5 nitrogen and oxygen atoms in total.